The van der Waals surface area contributed by atoms with Crippen LogP contribution in [0.5, 0.6) is 5.75 Å². The third kappa shape index (κ3) is 3.87. The number of nitrogens with zero attached hydrogens (tertiary/aromatic N) is 1. The fourth-order valence-electron chi connectivity index (χ4n) is 1.92. The number of likely N-dealkylation sites (N-methyl/N-ethyl adjacent to an activating group) is 1. The number of ether oxygens (including phenoxy) is 2. The fraction of sp³-hybridized carbons (Fsp3) is 0.467. The summed E-state index contributed by atoms with van der Waals surface area (Å²) in [6.45, 7) is 5.80. The third-order valence-electron chi connectivity index (χ3n) is 2.95. The van der Waals surface area contributed by atoms with Gasteiger partial charge in [-0.05, 0) is 38.5 Å². The number of nitrogens with one attached hydrogen (secondary N) is 1. The molecule has 21 heavy (non-hydrogen) atoms. The summed E-state index contributed by atoms with van der Waals surface area (Å²) in [5.41, 5.74) is 1.04. The van der Waals surface area contributed by atoms with Crippen LogP contribution in [0.25, 0.3) is 0 Å². The highest BCUT2D eigenvalue weighted by molar-refractivity contribution is 5.97. The van der Waals surface area contributed by atoms with Crippen molar-refractivity contribution in [3.63, 3.8) is 0 Å². The minimum atomic E-state index is -0.527. The number of carbonyl (C=O) groups excluding carboxylic acids is 2. The van der Waals surface area contributed by atoms with Gasteiger partial charge in [-0.1, -0.05) is 6.07 Å². The van der Waals surface area contributed by atoms with Gasteiger partial charge in [0.1, 0.15) is 11.4 Å². The Labute approximate surface area is 124 Å². The predicted octanol–water partition coefficient (Wildman–Crippen LogP) is 2.07. The molecule has 6 nitrogen and oxygen atoms in total. The number of fused-ring (bicyclic) bond motifs is 1. The molecular weight excluding hydrogens is 272 g/mol. The van der Waals surface area contributed by atoms with E-state index in [4.69, 9.17) is 9.47 Å². The lowest BCUT2D eigenvalue weighted by molar-refractivity contribution is -0.120. The molecule has 0 radical (unpaired) electrons. The molecule has 0 spiro atoms. The molecule has 1 aliphatic rings. The van der Waals surface area contributed by atoms with Crippen molar-refractivity contribution in [1.29, 1.82) is 0 Å². The molecule has 114 valence electrons. The molecule has 0 aromatic heterocycles. The molecule has 6 heteroatoms. The molecule has 2 rings (SSSR count). The first-order valence-corrected chi connectivity index (χ1v) is 6.75. The first-order valence-electron chi connectivity index (χ1n) is 6.75. The molecule has 0 bridgehead atoms. The molecule has 0 saturated carbocycles. The average Bonchev–Trinajstić information content (AvgIpc) is 2.39. The summed E-state index contributed by atoms with van der Waals surface area (Å²) < 4.78 is 10.5. The number of alkyl carbamates (subject to hydrolysis) is 1. The molecule has 0 saturated heterocycles. The minimum absolute atomic E-state index is 0.0546. The van der Waals surface area contributed by atoms with Crippen molar-refractivity contribution in [3.05, 3.63) is 23.8 Å². The maximum Gasteiger partial charge on any atom is 0.407 e. The summed E-state index contributed by atoms with van der Waals surface area (Å²) in [5, 5.41) is 2.68. The van der Waals surface area contributed by atoms with Gasteiger partial charge in [-0.3, -0.25) is 4.79 Å². The summed E-state index contributed by atoms with van der Waals surface area (Å²) in [5.74, 6) is 0.567. The monoisotopic (exact) mass is 292 g/mol. The number of hydrogen-bond donors (Lipinski definition) is 1. The van der Waals surface area contributed by atoms with Crippen LogP contribution in [0, 0.1) is 0 Å². The SMILES string of the molecule is CN1C(=O)COc2ccc(CNC(=O)OC(C)(C)C)cc21. The van der Waals surface area contributed by atoms with Crippen LogP contribution in [-0.4, -0.2) is 31.3 Å². The zero-order chi connectivity index (χ0) is 15.6. The van der Waals surface area contributed by atoms with Gasteiger partial charge < -0.3 is 19.7 Å². The van der Waals surface area contributed by atoms with Crippen LogP contribution in [0.1, 0.15) is 26.3 Å². The second kappa shape index (κ2) is 5.63. The topological polar surface area (TPSA) is 67.9 Å². The van der Waals surface area contributed by atoms with Crippen molar-refractivity contribution < 1.29 is 19.1 Å². The molecule has 0 unspecified atom stereocenters. The van der Waals surface area contributed by atoms with Crippen molar-refractivity contribution in [2.24, 2.45) is 0 Å². The van der Waals surface area contributed by atoms with Gasteiger partial charge in [0.25, 0.3) is 5.91 Å². The quantitative estimate of drug-likeness (QED) is 0.906. The maximum absolute atomic E-state index is 11.6. The highest BCUT2D eigenvalue weighted by Gasteiger charge is 2.22. The van der Waals surface area contributed by atoms with E-state index in [2.05, 4.69) is 5.32 Å². The largest absolute Gasteiger partial charge is 0.482 e. The summed E-state index contributed by atoms with van der Waals surface area (Å²) in [6, 6.07) is 5.47. The van der Waals surface area contributed by atoms with Gasteiger partial charge in [0.15, 0.2) is 6.61 Å². The lowest BCUT2D eigenvalue weighted by Gasteiger charge is -2.26. The fourth-order valence-corrected chi connectivity index (χ4v) is 1.92. The predicted molar refractivity (Wildman–Crippen MR) is 78.4 cm³/mol. The molecule has 0 fully saturated rings. The lowest BCUT2D eigenvalue weighted by Crippen LogP contribution is -2.35. The Balaban J connectivity index is 2.02. The smallest absolute Gasteiger partial charge is 0.407 e. The maximum atomic E-state index is 11.6. The molecule has 1 N–H and O–H groups in total. The number of amides is 2. The normalized spacial score (nSPS) is 14.3. The van der Waals surface area contributed by atoms with Crippen LogP contribution < -0.4 is 15.0 Å². The molecule has 2 amide bonds. The van der Waals surface area contributed by atoms with E-state index in [1.54, 1.807) is 18.0 Å². The minimum Gasteiger partial charge on any atom is -0.482 e. The van der Waals surface area contributed by atoms with E-state index in [0.29, 0.717) is 18.0 Å². The van der Waals surface area contributed by atoms with Crippen LogP contribution in [-0.2, 0) is 16.1 Å². The first-order chi connectivity index (χ1) is 9.76. The van der Waals surface area contributed by atoms with E-state index in [1.807, 2.05) is 32.9 Å². The Morgan fingerprint density at radius 3 is 2.81 bits per heavy atom. The van der Waals surface area contributed by atoms with Gasteiger partial charge in [0.2, 0.25) is 0 Å². The van der Waals surface area contributed by atoms with Crippen LogP contribution >= 0.6 is 0 Å². The summed E-state index contributed by atoms with van der Waals surface area (Å²) >= 11 is 0. The molecule has 0 atom stereocenters. The molecule has 1 aromatic carbocycles. The highest BCUT2D eigenvalue weighted by Crippen LogP contribution is 2.31. The average molecular weight is 292 g/mol. The summed E-state index contributed by atoms with van der Waals surface area (Å²) in [7, 11) is 1.70. The van der Waals surface area contributed by atoms with Gasteiger partial charge in [-0.25, -0.2) is 4.79 Å². The number of anilines is 1. The zero-order valence-corrected chi connectivity index (χ0v) is 12.7. The Bertz CT molecular complexity index is 563. The molecular formula is C15H20N2O4. The van der Waals surface area contributed by atoms with Crippen molar-refractivity contribution in [2.45, 2.75) is 32.9 Å². The number of rotatable bonds is 2. The number of hydrogen-bond acceptors (Lipinski definition) is 4. The Hall–Kier alpha value is -2.24. The zero-order valence-electron chi connectivity index (χ0n) is 12.7. The van der Waals surface area contributed by atoms with Gasteiger partial charge >= 0.3 is 6.09 Å². The van der Waals surface area contributed by atoms with Gasteiger partial charge in [0.05, 0.1) is 5.69 Å². The standard InChI is InChI=1S/C15H20N2O4/c1-15(2,3)21-14(19)16-8-10-5-6-12-11(7-10)17(4)13(18)9-20-12/h5-7H,8-9H2,1-4H3,(H,16,19). The number of benzene rings is 1. The van der Waals surface area contributed by atoms with E-state index in [0.717, 1.165) is 5.56 Å². The van der Waals surface area contributed by atoms with Crippen LogP contribution in [0.4, 0.5) is 10.5 Å². The van der Waals surface area contributed by atoms with Crippen LogP contribution in [0.15, 0.2) is 18.2 Å². The van der Waals surface area contributed by atoms with Crippen molar-refractivity contribution in [2.75, 3.05) is 18.6 Å². The Morgan fingerprint density at radius 1 is 1.43 bits per heavy atom. The van der Waals surface area contributed by atoms with Crippen molar-refractivity contribution in [1.82, 2.24) is 5.32 Å². The lowest BCUT2D eigenvalue weighted by atomic mass is 10.1. The highest BCUT2D eigenvalue weighted by atomic mass is 16.6. The van der Waals surface area contributed by atoms with Crippen LogP contribution in [0.2, 0.25) is 0 Å². The molecule has 1 heterocycles. The molecule has 1 aliphatic heterocycles. The van der Waals surface area contributed by atoms with E-state index in [-0.39, 0.29) is 12.5 Å². The number of carbonyl (C=O) groups is 2. The van der Waals surface area contributed by atoms with E-state index in [1.165, 1.54) is 0 Å². The van der Waals surface area contributed by atoms with Crippen LogP contribution in [0.3, 0.4) is 0 Å². The van der Waals surface area contributed by atoms with E-state index in [9.17, 15) is 9.59 Å². The molecule has 0 aliphatic carbocycles. The Kier molecular flexibility index (Phi) is 4.06. The second-order valence-corrected chi connectivity index (χ2v) is 5.90. The Morgan fingerprint density at radius 2 is 2.14 bits per heavy atom. The molecule has 1 aromatic rings. The van der Waals surface area contributed by atoms with Crippen molar-refractivity contribution in [3.8, 4) is 5.75 Å². The van der Waals surface area contributed by atoms with E-state index >= 15 is 0 Å². The summed E-state index contributed by atoms with van der Waals surface area (Å²) in [6.07, 6.45) is -0.471. The first kappa shape index (κ1) is 15.2. The van der Waals surface area contributed by atoms with Gasteiger partial charge in [0, 0.05) is 13.6 Å². The van der Waals surface area contributed by atoms with Gasteiger partial charge in [-0.2, -0.15) is 0 Å². The van der Waals surface area contributed by atoms with Gasteiger partial charge in [-0.15, -0.1) is 0 Å². The van der Waals surface area contributed by atoms with Crippen molar-refractivity contribution >= 4 is 17.7 Å². The summed E-state index contributed by atoms with van der Waals surface area (Å²) in [4.78, 5) is 24.8. The third-order valence-corrected chi connectivity index (χ3v) is 2.95. The van der Waals surface area contributed by atoms with E-state index < -0.39 is 11.7 Å². The second-order valence-electron chi connectivity index (χ2n) is 5.90.